The van der Waals surface area contributed by atoms with Crippen molar-refractivity contribution in [2.45, 2.75) is 18.9 Å². The number of aromatic amines is 1. The minimum Gasteiger partial charge on any atom is -0.368 e. The number of aromatic nitrogens is 1. The molecule has 0 radical (unpaired) electrons. The number of carbonyl (C=O) groups is 2. The van der Waals surface area contributed by atoms with E-state index in [2.05, 4.69) is 4.98 Å². The fraction of sp³-hybridized carbons (Fsp3) is 0.444. The monoisotopic (exact) mass is 397 g/mol. The molecule has 6 nitrogen and oxygen atoms in total. The predicted octanol–water partition coefficient (Wildman–Crippen LogP) is 2.56. The third kappa shape index (κ3) is 3.17. The molecular formula is C18H18ClF2N3O3. The van der Waals surface area contributed by atoms with E-state index in [9.17, 15) is 18.4 Å². The van der Waals surface area contributed by atoms with Crippen LogP contribution in [-0.4, -0.2) is 65.5 Å². The second-order valence-electron chi connectivity index (χ2n) is 6.72. The number of rotatable bonds is 2. The molecule has 27 heavy (non-hydrogen) atoms. The zero-order valence-corrected chi connectivity index (χ0v) is 15.2. The smallest absolute Gasteiger partial charge is 0.273 e. The standard InChI is InChI=1S/C18H18ClF2N3O3/c19-14-10(20)3-4-11-13(14)15(21)16(22-11)18(26)24-7-5-23(6-8-24)17(25)12-2-1-9-27-12/h3-4,12,22H,1-2,5-9H2. The number of benzene rings is 1. The summed E-state index contributed by atoms with van der Waals surface area (Å²) in [5.41, 5.74) is 0.00542. The van der Waals surface area contributed by atoms with Crippen molar-refractivity contribution in [3.8, 4) is 0 Å². The number of nitrogens with one attached hydrogen (secondary N) is 1. The number of fused-ring (bicyclic) bond motifs is 1. The van der Waals surface area contributed by atoms with Gasteiger partial charge in [-0.25, -0.2) is 8.78 Å². The van der Waals surface area contributed by atoms with Gasteiger partial charge in [0.05, 0.1) is 15.9 Å². The van der Waals surface area contributed by atoms with E-state index in [1.54, 1.807) is 4.90 Å². The van der Waals surface area contributed by atoms with Gasteiger partial charge in [-0.05, 0) is 25.0 Å². The molecule has 2 amide bonds. The molecule has 2 aliphatic heterocycles. The maximum absolute atomic E-state index is 14.7. The van der Waals surface area contributed by atoms with E-state index in [0.717, 1.165) is 18.9 Å². The first-order chi connectivity index (χ1) is 13.0. The largest absolute Gasteiger partial charge is 0.368 e. The molecule has 3 heterocycles. The summed E-state index contributed by atoms with van der Waals surface area (Å²) >= 11 is 5.84. The van der Waals surface area contributed by atoms with E-state index in [1.807, 2.05) is 0 Å². The van der Waals surface area contributed by atoms with Crippen molar-refractivity contribution in [1.82, 2.24) is 14.8 Å². The van der Waals surface area contributed by atoms with Gasteiger partial charge >= 0.3 is 0 Å². The first kappa shape index (κ1) is 18.2. The van der Waals surface area contributed by atoms with E-state index in [1.165, 1.54) is 11.0 Å². The number of ether oxygens (including phenoxy) is 1. The van der Waals surface area contributed by atoms with Crippen molar-refractivity contribution in [3.05, 3.63) is 34.5 Å². The summed E-state index contributed by atoms with van der Waals surface area (Å²) in [5, 5.41) is -0.487. The summed E-state index contributed by atoms with van der Waals surface area (Å²) in [7, 11) is 0. The van der Waals surface area contributed by atoms with Gasteiger partial charge in [0.2, 0.25) is 0 Å². The van der Waals surface area contributed by atoms with Crippen molar-refractivity contribution in [3.63, 3.8) is 0 Å². The number of amides is 2. The number of hydrogen-bond acceptors (Lipinski definition) is 3. The molecule has 1 aromatic carbocycles. The zero-order valence-electron chi connectivity index (χ0n) is 14.4. The number of nitrogens with zero attached hydrogens (tertiary/aromatic N) is 2. The van der Waals surface area contributed by atoms with Gasteiger partial charge in [-0.2, -0.15) is 0 Å². The van der Waals surface area contributed by atoms with Gasteiger partial charge in [0.15, 0.2) is 5.82 Å². The molecule has 144 valence electrons. The summed E-state index contributed by atoms with van der Waals surface area (Å²) in [6.07, 6.45) is 1.20. The Balaban J connectivity index is 1.48. The van der Waals surface area contributed by atoms with Crippen molar-refractivity contribution >= 4 is 34.3 Å². The van der Waals surface area contributed by atoms with E-state index >= 15 is 0 Å². The highest BCUT2D eigenvalue weighted by molar-refractivity contribution is 6.35. The van der Waals surface area contributed by atoms with Crippen molar-refractivity contribution in [2.24, 2.45) is 0 Å². The fourth-order valence-electron chi connectivity index (χ4n) is 3.60. The zero-order chi connectivity index (χ0) is 19.1. The van der Waals surface area contributed by atoms with Gasteiger partial charge in [-0.1, -0.05) is 11.6 Å². The molecule has 1 N–H and O–H groups in total. The Kier molecular flexibility index (Phi) is 4.77. The number of halogens is 3. The minimum absolute atomic E-state index is 0.0568. The Hall–Kier alpha value is -2.19. The number of piperazine rings is 1. The third-order valence-corrected chi connectivity index (χ3v) is 5.46. The summed E-state index contributed by atoms with van der Waals surface area (Å²) < 4.78 is 33.7. The van der Waals surface area contributed by atoms with E-state index in [-0.39, 0.29) is 40.6 Å². The van der Waals surface area contributed by atoms with Crippen LogP contribution in [0, 0.1) is 11.6 Å². The lowest BCUT2D eigenvalue weighted by molar-refractivity contribution is -0.142. The maximum atomic E-state index is 14.7. The van der Waals surface area contributed by atoms with Crippen LogP contribution in [0.5, 0.6) is 0 Å². The Bertz CT molecular complexity index is 903. The lowest BCUT2D eigenvalue weighted by Gasteiger charge is -2.35. The topological polar surface area (TPSA) is 65.6 Å². The highest BCUT2D eigenvalue weighted by Gasteiger charge is 2.33. The molecule has 9 heteroatoms. The van der Waals surface area contributed by atoms with Gasteiger partial charge < -0.3 is 19.5 Å². The second-order valence-corrected chi connectivity index (χ2v) is 7.10. The molecule has 2 aliphatic rings. The molecule has 1 unspecified atom stereocenters. The highest BCUT2D eigenvalue weighted by atomic mass is 35.5. The fourth-order valence-corrected chi connectivity index (χ4v) is 3.84. The van der Waals surface area contributed by atoms with Crippen LogP contribution >= 0.6 is 11.6 Å². The molecule has 0 saturated carbocycles. The van der Waals surface area contributed by atoms with Crippen LogP contribution in [0.1, 0.15) is 23.3 Å². The van der Waals surface area contributed by atoms with Crippen LogP contribution in [0.2, 0.25) is 5.02 Å². The van der Waals surface area contributed by atoms with Crippen LogP contribution in [0.4, 0.5) is 8.78 Å². The molecule has 0 spiro atoms. The van der Waals surface area contributed by atoms with E-state index < -0.39 is 23.6 Å². The second kappa shape index (κ2) is 7.09. The molecule has 2 saturated heterocycles. The average Bonchev–Trinajstić information content (AvgIpc) is 3.32. The van der Waals surface area contributed by atoms with Gasteiger partial charge in [0.25, 0.3) is 11.8 Å². The maximum Gasteiger partial charge on any atom is 0.273 e. The Morgan fingerprint density at radius 3 is 2.52 bits per heavy atom. The first-order valence-corrected chi connectivity index (χ1v) is 9.20. The minimum atomic E-state index is -0.864. The predicted molar refractivity (Wildman–Crippen MR) is 94.7 cm³/mol. The van der Waals surface area contributed by atoms with Gasteiger partial charge in [0, 0.05) is 32.8 Å². The molecule has 1 atom stereocenters. The Labute approximate surface area is 159 Å². The molecule has 0 aliphatic carbocycles. The molecular weight excluding hydrogens is 380 g/mol. The summed E-state index contributed by atoms with van der Waals surface area (Å²) in [6.45, 7) is 1.89. The first-order valence-electron chi connectivity index (χ1n) is 8.82. The summed E-state index contributed by atoms with van der Waals surface area (Å²) in [5.74, 6) is -2.21. The summed E-state index contributed by atoms with van der Waals surface area (Å²) in [4.78, 5) is 30.9. The van der Waals surface area contributed by atoms with Gasteiger partial charge in [-0.3, -0.25) is 9.59 Å². The van der Waals surface area contributed by atoms with Crippen molar-refractivity contribution in [2.75, 3.05) is 32.8 Å². The Morgan fingerprint density at radius 2 is 1.85 bits per heavy atom. The van der Waals surface area contributed by atoms with Crippen molar-refractivity contribution in [1.29, 1.82) is 0 Å². The number of carbonyl (C=O) groups excluding carboxylic acids is 2. The highest BCUT2D eigenvalue weighted by Crippen LogP contribution is 2.31. The van der Waals surface area contributed by atoms with Gasteiger partial charge in [-0.15, -0.1) is 0 Å². The molecule has 2 aromatic rings. The average molecular weight is 398 g/mol. The third-order valence-electron chi connectivity index (χ3n) is 5.09. The number of hydrogen-bond donors (Lipinski definition) is 1. The van der Waals surface area contributed by atoms with Crippen LogP contribution in [0.15, 0.2) is 12.1 Å². The van der Waals surface area contributed by atoms with Gasteiger partial charge in [0.1, 0.15) is 17.6 Å². The summed E-state index contributed by atoms with van der Waals surface area (Å²) in [6, 6.07) is 2.46. The normalized spacial score (nSPS) is 20.5. The van der Waals surface area contributed by atoms with Crippen LogP contribution < -0.4 is 0 Å². The van der Waals surface area contributed by atoms with E-state index in [4.69, 9.17) is 16.3 Å². The van der Waals surface area contributed by atoms with Crippen molar-refractivity contribution < 1.29 is 23.1 Å². The lowest BCUT2D eigenvalue weighted by Crippen LogP contribution is -2.53. The van der Waals surface area contributed by atoms with Crippen LogP contribution in [0.3, 0.4) is 0 Å². The van der Waals surface area contributed by atoms with Crippen LogP contribution in [0.25, 0.3) is 10.9 Å². The lowest BCUT2D eigenvalue weighted by atomic mass is 10.2. The molecule has 2 fully saturated rings. The Morgan fingerprint density at radius 1 is 1.15 bits per heavy atom. The van der Waals surface area contributed by atoms with E-state index in [0.29, 0.717) is 19.7 Å². The molecule has 1 aromatic heterocycles. The quantitative estimate of drug-likeness (QED) is 0.847. The molecule has 4 rings (SSSR count). The van der Waals surface area contributed by atoms with Crippen LogP contribution in [-0.2, 0) is 9.53 Å². The number of H-pyrrole nitrogens is 1. The molecule has 0 bridgehead atoms. The SMILES string of the molecule is O=C(c1[nH]c2ccc(F)c(Cl)c2c1F)N1CCN(C(=O)C2CCCO2)CC1.